The van der Waals surface area contributed by atoms with Crippen molar-refractivity contribution in [3.05, 3.63) is 33.9 Å². The van der Waals surface area contributed by atoms with Crippen molar-refractivity contribution in [3.8, 4) is 0 Å². The molecule has 1 aromatic carbocycles. The molecule has 0 saturated heterocycles. The van der Waals surface area contributed by atoms with Gasteiger partial charge in [0.05, 0.1) is 6.42 Å². The summed E-state index contributed by atoms with van der Waals surface area (Å²) in [5, 5.41) is 0. The van der Waals surface area contributed by atoms with Gasteiger partial charge in [-0.3, -0.25) is 14.4 Å². The molecule has 3 atom stereocenters. The summed E-state index contributed by atoms with van der Waals surface area (Å²) >= 11 is 0. The van der Waals surface area contributed by atoms with Crippen LogP contribution in [0.15, 0.2) is 6.07 Å². The highest BCUT2D eigenvalue weighted by Gasteiger charge is 2.34. The van der Waals surface area contributed by atoms with Crippen LogP contribution in [0.1, 0.15) is 125 Å². The lowest BCUT2D eigenvalue weighted by molar-refractivity contribution is -0.129. The zero-order chi connectivity index (χ0) is 24.0. The van der Waals surface area contributed by atoms with Gasteiger partial charge in [-0.2, -0.15) is 0 Å². The Morgan fingerprint density at radius 1 is 1.09 bits per heavy atom. The van der Waals surface area contributed by atoms with Crippen molar-refractivity contribution in [2.24, 2.45) is 17.8 Å². The minimum absolute atomic E-state index is 0.0446. The summed E-state index contributed by atoms with van der Waals surface area (Å²) in [5.74, 6) is 1.19. The first-order chi connectivity index (χ1) is 15.1. The summed E-state index contributed by atoms with van der Waals surface area (Å²) in [6, 6.07) is 2.35. The number of fused-ring (bicyclic) bond motifs is 1. The molecule has 0 radical (unpaired) electrons. The van der Waals surface area contributed by atoms with Crippen molar-refractivity contribution < 1.29 is 14.4 Å². The number of carbonyl (C=O) groups is 3. The molecule has 178 valence electrons. The summed E-state index contributed by atoms with van der Waals surface area (Å²) in [6.45, 7) is 14.5. The van der Waals surface area contributed by atoms with Crippen molar-refractivity contribution in [2.75, 3.05) is 0 Å². The molecule has 1 aliphatic carbocycles. The van der Waals surface area contributed by atoms with Gasteiger partial charge in [0.15, 0.2) is 5.78 Å². The largest absolute Gasteiger partial charge is 0.300 e. The van der Waals surface area contributed by atoms with E-state index in [9.17, 15) is 14.4 Å². The van der Waals surface area contributed by atoms with Crippen molar-refractivity contribution in [1.82, 2.24) is 0 Å². The lowest BCUT2D eigenvalue weighted by atomic mass is 9.70. The number of benzene rings is 1. The predicted molar refractivity (Wildman–Crippen MR) is 133 cm³/mol. The van der Waals surface area contributed by atoms with Gasteiger partial charge in [0.25, 0.3) is 0 Å². The van der Waals surface area contributed by atoms with Gasteiger partial charge in [-0.15, -0.1) is 0 Å². The molecule has 0 saturated carbocycles. The Kier molecular flexibility index (Phi) is 9.85. The normalized spacial score (nSPS) is 17.9. The SMILES string of the molecule is CCCc1cc(C(C)C)c(C)c2c1CC(CC(CCC)C(CC)C(=O)CC(C)=O)CC2=O. The van der Waals surface area contributed by atoms with Gasteiger partial charge in [-0.05, 0) is 79.5 Å². The van der Waals surface area contributed by atoms with Gasteiger partial charge in [0.1, 0.15) is 11.6 Å². The zero-order valence-electron chi connectivity index (χ0n) is 21.5. The molecule has 1 aromatic rings. The van der Waals surface area contributed by atoms with Crippen LogP contribution in [0.4, 0.5) is 0 Å². The zero-order valence-corrected chi connectivity index (χ0v) is 21.5. The Hall–Kier alpha value is -1.77. The molecule has 0 spiro atoms. The minimum Gasteiger partial charge on any atom is -0.300 e. The second kappa shape index (κ2) is 11.9. The van der Waals surface area contributed by atoms with Crippen molar-refractivity contribution >= 4 is 17.3 Å². The number of hydrogen-bond acceptors (Lipinski definition) is 3. The Balaban J connectivity index is 2.36. The van der Waals surface area contributed by atoms with Crippen LogP contribution in [0, 0.1) is 24.7 Å². The fraction of sp³-hybridized carbons (Fsp3) is 0.690. The highest BCUT2D eigenvalue weighted by Crippen LogP contribution is 2.39. The van der Waals surface area contributed by atoms with Gasteiger partial charge >= 0.3 is 0 Å². The first-order valence-electron chi connectivity index (χ1n) is 12.8. The molecule has 2 rings (SSSR count). The van der Waals surface area contributed by atoms with E-state index >= 15 is 0 Å². The van der Waals surface area contributed by atoms with E-state index in [0.717, 1.165) is 50.5 Å². The van der Waals surface area contributed by atoms with Gasteiger partial charge in [-0.25, -0.2) is 0 Å². The quantitative estimate of drug-likeness (QED) is 0.323. The van der Waals surface area contributed by atoms with E-state index in [0.29, 0.717) is 12.3 Å². The highest BCUT2D eigenvalue weighted by atomic mass is 16.1. The first-order valence-corrected chi connectivity index (χ1v) is 12.8. The number of aryl methyl sites for hydroxylation is 1. The second-order valence-electron chi connectivity index (χ2n) is 10.3. The molecule has 0 aliphatic heterocycles. The molecule has 0 heterocycles. The number of carbonyl (C=O) groups excluding carboxylic acids is 3. The van der Waals surface area contributed by atoms with E-state index in [2.05, 4.69) is 47.6 Å². The van der Waals surface area contributed by atoms with Crippen LogP contribution in [0.25, 0.3) is 0 Å². The Labute approximate surface area is 195 Å². The van der Waals surface area contributed by atoms with Crippen LogP contribution in [-0.4, -0.2) is 17.3 Å². The molecule has 0 aromatic heterocycles. The van der Waals surface area contributed by atoms with Crippen LogP contribution in [0.5, 0.6) is 0 Å². The number of ketones is 3. The standard InChI is InChI=1S/C29H44O3/c1-8-11-22(24(10-3)27(31)13-19(6)30)14-21-15-26-23(12-9-2)17-25(18(4)5)20(7)29(26)28(32)16-21/h17-18,21-22,24H,8-16H2,1-7H3. The van der Waals surface area contributed by atoms with Gasteiger partial charge in [0.2, 0.25) is 0 Å². The van der Waals surface area contributed by atoms with Gasteiger partial charge in [-0.1, -0.05) is 59.9 Å². The fourth-order valence-corrected chi connectivity index (χ4v) is 5.99. The van der Waals surface area contributed by atoms with Crippen molar-refractivity contribution in [3.63, 3.8) is 0 Å². The van der Waals surface area contributed by atoms with E-state index in [-0.39, 0.29) is 41.5 Å². The van der Waals surface area contributed by atoms with Crippen molar-refractivity contribution in [2.45, 2.75) is 112 Å². The summed E-state index contributed by atoms with van der Waals surface area (Å²) in [6.07, 6.45) is 7.31. The number of Topliss-reactive ketones (excluding diaryl/α,β-unsaturated/α-hetero) is 3. The third-order valence-corrected chi connectivity index (χ3v) is 7.36. The van der Waals surface area contributed by atoms with Crippen LogP contribution < -0.4 is 0 Å². The average molecular weight is 441 g/mol. The molecule has 3 heteroatoms. The molecule has 32 heavy (non-hydrogen) atoms. The average Bonchev–Trinajstić information content (AvgIpc) is 2.69. The summed E-state index contributed by atoms with van der Waals surface area (Å²) in [7, 11) is 0. The maximum absolute atomic E-state index is 13.4. The molecule has 0 N–H and O–H groups in total. The molecule has 3 nitrogen and oxygen atoms in total. The first kappa shape index (κ1) is 26.5. The lowest BCUT2D eigenvalue weighted by Crippen LogP contribution is -2.30. The van der Waals surface area contributed by atoms with Crippen LogP contribution in [0.3, 0.4) is 0 Å². The van der Waals surface area contributed by atoms with Crippen LogP contribution in [-0.2, 0) is 22.4 Å². The van der Waals surface area contributed by atoms with E-state index in [1.54, 1.807) is 0 Å². The highest BCUT2D eigenvalue weighted by molar-refractivity contribution is 6.01. The summed E-state index contributed by atoms with van der Waals surface area (Å²) in [5.41, 5.74) is 6.09. The maximum Gasteiger partial charge on any atom is 0.163 e. The summed E-state index contributed by atoms with van der Waals surface area (Å²) < 4.78 is 0. The number of hydrogen-bond donors (Lipinski definition) is 0. The van der Waals surface area contributed by atoms with E-state index in [4.69, 9.17) is 0 Å². The fourth-order valence-electron chi connectivity index (χ4n) is 5.99. The van der Waals surface area contributed by atoms with Crippen LogP contribution >= 0.6 is 0 Å². The van der Waals surface area contributed by atoms with E-state index < -0.39 is 0 Å². The molecular weight excluding hydrogens is 396 g/mol. The van der Waals surface area contributed by atoms with Crippen molar-refractivity contribution in [1.29, 1.82) is 0 Å². The monoisotopic (exact) mass is 440 g/mol. The molecule has 0 fully saturated rings. The molecule has 0 bridgehead atoms. The minimum atomic E-state index is -0.0736. The molecule has 0 amide bonds. The van der Waals surface area contributed by atoms with E-state index in [1.807, 2.05) is 0 Å². The third-order valence-electron chi connectivity index (χ3n) is 7.36. The Morgan fingerprint density at radius 3 is 2.31 bits per heavy atom. The van der Waals surface area contributed by atoms with Gasteiger partial charge < -0.3 is 0 Å². The Morgan fingerprint density at radius 2 is 1.78 bits per heavy atom. The smallest absolute Gasteiger partial charge is 0.163 e. The number of rotatable bonds is 12. The second-order valence-corrected chi connectivity index (χ2v) is 10.3. The third kappa shape index (κ3) is 6.17. The summed E-state index contributed by atoms with van der Waals surface area (Å²) in [4.78, 5) is 37.8. The molecular formula is C29H44O3. The topological polar surface area (TPSA) is 51.2 Å². The van der Waals surface area contributed by atoms with Gasteiger partial charge in [0, 0.05) is 17.9 Å². The lowest BCUT2D eigenvalue weighted by Gasteiger charge is -2.33. The maximum atomic E-state index is 13.4. The Bertz CT molecular complexity index is 833. The molecule has 1 aliphatic rings. The molecule has 3 unspecified atom stereocenters. The van der Waals surface area contributed by atoms with E-state index in [1.165, 1.54) is 29.2 Å². The predicted octanol–water partition coefficient (Wildman–Crippen LogP) is 7.20. The van der Waals surface area contributed by atoms with Crippen LogP contribution in [0.2, 0.25) is 0 Å².